The Kier molecular flexibility index (Phi) is 5.30. The predicted molar refractivity (Wildman–Crippen MR) is 96.9 cm³/mol. The summed E-state index contributed by atoms with van der Waals surface area (Å²) >= 11 is 0. The molecule has 27 heavy (non-hydrogen) atoms. The van der Waals surface area contributed by atoms with Crippen LogP contribution < -0.4 is 0 Å². The van der Waals surface area contributed by atoms with E-state index >= 15 is 0 Å². The monoisotopic (exact) mass is 378 g/mol. The molecule has 0 radical (unpaired) electrons. The van der Waals surface area contributed by atoms with Crippen LogP contribution in [0.15, 0.2) is 24.4 Å². The van der Waals surface area contributed by atoms with Crippen LogP contribution in [-0.4, -0.2) is 68.9 Å². The van der Waals surface area contributed by atoms with Crippen LogP contribution in [0, 0.1) is 18.6 Å². The highest BCUT2D eigenvalue weighted by Crippen LogP contribution is 2.24. The molecular weight excluding hydrogens is 354 g/mol. The molecular formula is C19H24F2N4O2. The highest BCUT2D eigenvalue weighted by molar-refractivity contribution is 5.93. The Labute approximate surface area is 157 Å². The maximum atomic E-state index is 14.0. The topological polar surface area (TPSA) is 61.6 Å². The number of piperazine rings is 1. The SMILES string of the molecule is Cc1cn(-c2c(F)cccc2F)nc1C(=O)N1CCN(CCO)C(C)(C)C1. The highest BCUT2D eigenvalue weighted by atomic mass is 19.1. The molecule has 1 amide bonds. The molecule has 1 fully saturated rings. The van der Waals surface area contributed by atoms with Crippen molar-refractivity contribution in [1.82, 2.24) is 19.6 Å². The Morgan fingerprint density at radius 2 is 1.93 bits per heavy atom. The minimum atomic E-state index is -0.741. The first-order chi connectivity index (χ1) is 12.7. The van der Waals surface area contributed by atoms with E-state index < -0.39 is 11.6 Å². The van der Waals surface area contributed by atoms with Gasteiger partial charge in [0.05, 0.1) is 6.61 Å². The third kappa shape index (κ3) is 3.72. The fourth-order valence-corrected chi connectivity index (χ4v) is 3.54. The second-order valence-electron chi connectivity index (χ2n) is 7.43. The number of carbonyl (C=O) groups is 1. The fraction of sp³-hybridized carbons (Fsp3) is 0.474. The fourth-order valence-electron chi connectivity index (χ4n) is 3.54. The molecule has 2 aromatic rings. The van der Waals surface area contributed by atoms with Crippen LogP contribution in [0.1, 0.15) is 29.9 Å². The zero-order valence-corrected chi connectivity index (χ0v) is 15.7. The lowest BCUT2D eigenvalue weighted by atomic mass is 9.98. The van der Waals surface area contributed by atoms with Crippen molar-refractivity contribution in [2.45, 2.75) is 26.3 Å². The summed E-state index contributed by atoms with van der Waals surface area (Å²) in [4.78, 5) is 16.8. The van der Waals surface area contributed by atoms with Crippen molar-refractivity contribution < 1.29 is 18.7 Å². The van der Waals surface area contributed by atoms with Crippen molar-refractivity contribution in [3.63, 3.8) is 0 Å². The van der Waals surface area contributed by atoms with Gasteiger partial charge in [-0.2, -0.15) is 5.10 Å². The average Bonchev–Trinajstić information content (AvgIpc) is 2.97. The zero-order valence-electron chi connectivity index (χ0n) is 15.7. The van der Waals surface area contributed by atoms with E-state index in [1.165, 1.54) is 12.3 Å². The molecule has 1 N–H and O–H groups in total. The van der Waals surface area contributed by atoms with E-state index in [-0.39, 0.29) is 29.4 Å². The number of hydrogen-bond donors (Lipinski definition) is 1. The molecule has 0 saturated carbocycles. The van der Waals surface area contributed by atoms with Crippen LogP contribution in [0.5, 0.6) is 0 Å². The average molecular weight is 378 g/mol. The van der Waals surface area contributed by atoms with Crippen molar-refractivity contribution in [3.8, 4) is 5.69 Å². The number of benzene rings is 1. The van der Waals surface area contributed by atoms with E-state index in [9.17, 15) is 18.7 Å². The Balaban J connectivity index is 1.86. The minimum Gasteiger partial charge on any atom is -0.395 e. The smallest absolute Gasteiger partial charge is 0.274 e. The van der Waals surface area contributed by atoms with Crippen LogP contribution >= 0.6 is 0 Å². The summed E-state index contributed by atoms with van der Waals surface area (Å²) in [5.74, 6) is -1.75. The molecule has 1 aromatic heterocycles. The van der Waals surface area contributed by atoms with Crippen molar-refractivity contribution in [2.24, 2.45) is 0 Å². The normalized spacial score (nSPS) is 17.3. The lowest BCUT2D eigenvalue weighted by Crippen LogP contribution is -2.61. The summed E-state index contributed by atoms with van der Waals surface area (Å²) in [6, 6.07) is 3.59. The molecule has 2 heterocycles. The van der Waals surface area contributed by atoms with Gasteiger partial charge in [0.25, 0.3) is 5.91 Å². The van der Waals surface area contributed by atoms with Gasteiger partial charge >= 0.3 is 0 Å². The van der Waals surface area contributed by atoms with Gasteiger partial charge in [0.1, 0.15) is 5.69 Å². The molecule has 1 aliphatic heterocycles. The van der Waals surface area contributed by atoms with Gasteiger partial charge in [0.2, 0.25) is 0 Å². The van der Waals surface area contributed by atoms with Crippen LogP contribution in [0.25, 0.3) is 5.69 Å². The van der Waals surface area contributed by atoms with E-state index in [0.717, 1.165) is 16.8 Å². The number of β-amino-alcohol motifs (C(OH)–C–C–N with tert-alkyl or cyclic N) is 1. The summed E-state index contributed by atoms with van der Waals surface area (Å²) < 4.78 is 29.1. The third-order valence-electron chi connectivity index (χ3n) is 5.00. The molecule has 0 aliphatic carbocycles. The lowest BCUT2D eigenvalue weighted by Gasteiger charge is -2.46. The number of rotatable bonds is 4. The second kappa shape index (κ2) is 7.36. The quantitative estimate of drug-likeness (QED) is 0.884. The largest absolute Gasteiger partial charge is 0.395 e. The number of amides is 1. The lowest BCUT2D eigenvalue weighted by molar-refractivity contribution is 0.0104. The molecule has 3 rings (SSSR count). The summed E-state index contributed by atoms with van der Waals surface area (Å²) in [6.07, 6.45) is 1.46. The molecule has 0 atom stereocenters. The van der Waals surface area contributed by atoms with Crippen molar-refractivity contribution in [3.05, 3.63) is 47.3 Å². The number of aryl methyl sites for hydroxylation is 1. The van der Waals surface area contributed by atoms with Gasteiger partial charge in [-0.1, -0.05) is 6.07 Å². The van der Waals surface area contributed by atoms with Crippen molar-refractivity contribution in [2.75, 3.05) is 32.8 Å². The van der Waals surface area contributed by atoms with Crippen molar-refractivity contribution >= 4 is 5.91 Å². The number of nitrogens with zero attached hydrogens (tertiary/aromatic N) is 4. The molecule has 0 unspecified atom stereocenters. The molecule has 1 saturated heterocycles. The highest BCUT2D eigenvalue weighted by Gasteiger charge is 2.36. The van der Waals surface area contributed by atoms with E-state index in [0.29, 0.717) is 31.7 Å². The Morgan fingerprint density at radius 3 is 2.52 bits per heavy atom. The molecule has 8 heteroatoms. The molecule has 0 bridgehead atoms. The van der Waals surface area contributed by atoms with Gasteiger partial charge in [0, 0.05) is 43.5 Å². The Hall–Kier alpha value is -2.32. The molecule has 1 aromatic carbocycles. The van der Waals surface area contributed by atoms with Crippen LogP contribution in [0.2, 0.25) is 0 Å². The number of aliphatic hydroxyl groups is 1. The number of carbonyl (C=O) groups excluding carboxylic acids is 1. The predicted octanol–water partition coefficient (Wildman–Crippen LogP) is 1.99. The summed E-state index contributed by atoms with van der Waals surface area (Å²) in [6.45, 7) is 7.97. The molecule has 6 nitrogen and oxygen atoms in total. The number of aromatic nitrogens is 2. The van der Waals surface area contributed by atoms with Gasteiger partial charge in [-0.25, -0.2) is 13.5 Å². The molecule has 146 valence electrons. The van der Waals surface area contributed by atoms with E-state index in [1.54, 1.807) is 11.8 Å². The first kappa shape index (κ1) is 19.4. The van der Waals surface area contributed by atoms with Crippen LogP contribution in [0.4, 0.5) is 8.78 Å². The van der Waals surface area contributed by atoms with E-state index in [4.69, 9.17) is 0 Å². The minimum absolute atomic E-state index is 0.0646. The van der Waals surface area contributed by atoms with Gasteiger partial charge in [-0.15, -0.1) is 0 Å². The molecule has 0 spiro atoms. The van der Waals surface area contributed by atoms with Crippen molar-refractivity contribution in [1.29, 1.82) is 0 Å². The Morgan fingerprint density at radius 1 is 1.26 bits per heavy atom. The first-order valence-electron chi connectivity index (χ1n) is 8.90. The summed E-state index contributed by atoms with van der Waals surface area (Å²) in [7, 11) is 0. The first-order valence-corrected chi connectivity index (χ1v) is 8.90. The van der Waals surface area contributed by atoms with Gasteiger partial charge in [-0.05, 0) is 32.9 Å². The van der Waals surface area contributed by atoms with Gasteiger partial charge < -0.3 is 10.0 Å². The number of aliphatic hydroxyl groups excluding tert-OH is 1. The number of para-hydroxylation sites is 1. The standard InChI is InChI=1S/C19H24F2N4O2/c1-13-11-25(17-14(20)5-4-6-15(17)21)22-16(13)18(27)23-7-8-24(9-10-26)19(2,3)12-23/h4-6,11,26H,7-10,12H2,1-3H3. The summed E-state index contributed by atoms with van der Waals surface area (Å²) in [5, 5.41) is 13.4. The maximum absolute atomic E-state index is 14.0. The second-order valence-corrected chi connectivity index (χ2v) is 7.43. The van der Waals surface area contributed by atoms with Gasteiger partial charge in [-0.3, -0.25) is 9.69 Å². The van der Waals surface area contributed by atoms with E-state index in [2.05, 4.69) is 10.00 Å². The van der Waals surface area contributed by atoms with Crippen LogP contribution in [0.3, 0.4) is 0 Å². The summed E-state index contributed by atoms with van der Waals surface area (Å²) in [5.41, 5.74) is 0.153. The van der Waals surface area contributed by atoms with Gasteiger partial charge in [0.15, 0.2) is 17.3 Å². The molecule has 1 aliphatic rings. The Bertz CT molecular complexity index is 830. The number of halogens is 2. The van der Waals surface area contributed by atoms with Crippen LogP contribution in [-0.2, 0) is 0 Å². The third-order valence-corrected chi connectivity index (χ3v) is 5.00. The van der Waals surface area contributed by atoms with E-state index in [1.807, 2.05) is 13.8 Å². The zero-order chi connectivity index (χ0) is 19.8. The number of hydrogen-bond acceptors (Lipinski definition) is 4. The maximum Gasteiger partial charge on any atom is 0.274 e.